The molecular formula is C9H17N5O2. The molecule has 1 saturated heterocycles. The van der Waals surface area contributed by atoms with Crippen LogP contribution in [-0.2, 0) is 11.8 Å². The van der Waals surface area contributed by atoms with Gasteiger partial charge in [-0.2, -0.15) is 0 Å². The molecule has 1 aromatic rings. The third kappa shape index (κ3) is 2.48. The topological polar surface area (TPSA) is 76.3 Å². The first-order valence-corrected chi connectivity index (χ1v) is 5.51. The van der Waals surface area contributed by atoms with Crippen LogP contribution in [0.2, 0.25) is 0 Å². The van der Waals surface area contributed by atoms with Crippen molar-refractivity contribution in [3.8, 4) is 0 Å². The second-order valence-corrected chi connectivity index (χ2v) is 3.88. The Balaban J connectivity index is 1.83. The maximum absolute atomic E-state index is 8.67. The Kier molecular flexibility index (Phi) is 3.68. The van der Waals surface area contributed by atoms with E-state index in [1.54, 1.807) is 4.68 Å². The zero-order chi connectivity index (χ0) is 11.4. The van der Waals surface area contributed by atoms with Crippen molar-refractivity contribution in [1.82, 2.24) is 20.2 Å². The lowest BCUT2D eigenvalue weighted by Gasteiger charge is -2.31. The van der Waals surface area contributed by atoms with Crippen molar-refractivity contribution in [3.63, 3.8) is 0 Å². The second-order valence-electron chi connectivity index (χ2n) is 3.88. The smallest absolute Gasteiger partial charge is 0.245 e. The Labute approximate surface area is 94.0 Å². The number of aliphatic hydroxyl groups is 1. The molecular weight excluding hydrogens is 210 g/mol. The van der Waals surface area contributed by atoms with Crippen LogP contribution in [0.3, 0.4) is 0 Å². The highest BCUT2D eigenvalue weighted by Crippen LogP contribution is 2.17. The van der Waals surface area contributed by atoms with Crippen molar-refractivity contribution in [1.29, 1.82) is 0 Å². The molecule has 1 N–H and O–H groups in total. The number of aromatic nitrogens is 4. The van der Waals surface area contributed by atoms with Crippen LogP contribution in [0.5, 0.6) is 0 Å². The minimum atomic E-state index is 0.0907. The molecule has 1 aliphatic rings. The molecule has 1 aromatic heterocycles. The lowest BCUT2D eigenvalue weighted by atomic mass is 10.1. The molecule has 0 aromatic carbocycles. The van der Waals surface area contributed by atoms with Crippen LogP contribution in [0.15, 0.2) is 0 Å². The van der Waals surface area contributed by atoms with E-state index in [0.717, 1.165) is 31.9 Å². The SMILES string of the molecule is Cn1nnnc1N1CCC(OCCO)CC1. The first-order chi connectivity index (χ1) is 7.81. The van der Waals surface area contributed by atoms with Gasteiger partial charge in [0.05, 0.1) is 19.3 Å². The fraction of sp³-hybridized carbons (Fsp3) is 0.889. The van der Waals surface area contributed by atoms with Gasteiger partial charge in [0.2, 0.25) is 5.95 Å². The van der Waals surface area contributed by atoms with Crippen molar-refractivity contribution in [2.75, 3.05) is 31.2 Å². The van der Waals surface area contributed by atoms with Gasteiger partial charge in [-0.3, -0.25) is 0 Å². The minimum absolute atomic E-state index is 0.0907. The predicted molar refractivity (Wildman–Crippen MR) is 57.1 cm³/mol. The number of aryl methyl sites for hydroxylation is 1. The van der Waals surface area contributed by atoms with E-state index >= 15 is 0 Å². The molecule has 1 fully saturated rings. The van der Waals surface area contributed by atoms with Crippen LogP contribution in [0.1, 0.15) is 12.8 Å². The van der Waals surface area contributed by atoms with E-state index in [1.807, 2.05) is 7.05 Å². The minimum Gasteiger partial charge on any atom is -0.394 e. The number of ether oxygens (including phenoxy) is 1. The third-order valence-corrected chi connectivity index (χ3v) is 2.77. The van der Waals surface area contributed by atoms with Gasteiger partial charge in [-0.05, 0) is 23.3 Å². The van der Waals surface area contributed by atoms with Gasteiger partial charge in [0.25, 0.3) is 0 Å². The molecule has 0 spiro atoms. The van der Waals surface area contributed by atoms with E-state index in [4.69, 9.17) is 9.84 Å². The summed E-state index contributed by atoms with van der Waals surface area (Å²) in [6, 6.07) is 0. The molecule has 2 rings (SSSR count). The van der Waals surface area contributed by atoms with Gasteiger partial charge < -0.3 is 14.7 Å². The van der Waals surface area contributed by atoms with Gasteiger partial charge in [-0.25, -0.2) is 4.68 Å². The number of tetrazole rings is 1. The molecule has 0 unspecified atom stereocenters. The van der Waals surface area contributed by atoms with Crippen LogP contribution in [0.4, 0.5) is 5.95 Å². The summed E-state index contributed by atoms with van der Waals surface area (Å²) in [5.41, 5.74) is 0. The van der Waals surface area contributed by atoms with Gasteiger partial charge >= 0.3 is 0 Å². The number of hydrogen-bond donors (Lipinski definition) is 1. The average Bonchev–Trinajstić information content (AvgIpc) is 2.74. The summed E-state index contributed by atoms with van der Waals surface area (Å²) in [6.07, 6.45) is 2.16. The standard InChI is InChI=1S/C9H17N5O2/c1-13-9(10-11-12-13)14-4-2-8(3-5-14)16-7-6-15/h8,15H,2-7H2,1H3. The largest absolute Gasteiger partial charge is 0.394 e. The number of hydrogen-bond acceptors (Lipinski definition) is 6. The molecule has 7 heteroatoms. The Bertz CT molecular complexity index is 321. The Morgan fingerprint density at radius 1 is 1.44 bits per heavy atom. The van der Waals surface area contributed by atoms with E-state index in [-0.39, 0.29) is 12.7 Å². The fourth-order valence-corrected chi connectivity index (χ4v) is 1.93. The van der Waals surface area contributed by atoms with Crippen molar-refractivity contribution in [2.24, 2.45) is 7.05 Å². The summed E-state index contributed by atoms with van der Waals surface area (Å²) in [5.74, 6) is 0.806. The summed E-state index contributed by atoms with van der Waals surface area (Å²) in [6.45, 7) is 2.30. The first-order valence-electron chi connectivity index (χ1n) is 5.51. The summed E-state index contributed by atoms with van der Waals surface area (Å²) in [5, 5.41) is 20.1. The van der Waals surface area contributed by atoms with E-state index in [2.05, 4.69) is 20.4 Å². The van der Waals surface area contributed by atoms with Crippen molar-refractivity contribution in [3.05, 3.63) is 0 Å². The van der Waals surface area contributed by atoms with E-state index in [0.29, 0.717) is 6.61 Å². The Morgan fingerprint density at radius 3 is 2.75 bits per heavy atom. The number of piperidine rings is 1. The monoisotopic (exact) mass is 227 g/mol. The quantitative estimate of drug-likeness (QED) is 0.725. The van der Waals surface area contributed by atoms with Crippen LogP contribution in [-0.4, -0.2) is 57.7 Å². The zero-order valence-corrected chi connectivity index (χ0v) is 9.41. The highest BCUT2D eigenvalue weighted by molar-refractivity contribution is 5.28. The summed E-state index contributed by atoms with van der Waals surface area (Å²) in [4.78, 5) is 2.15. The number of anilines is 1. The van der Waals surface area contributed by atoms with Gasteiger partial charge in [0, 0.05) is 20.1 Å². The highest BCUT2D eigenvalue weighted by atomic mass is 16.5. The van der Waals surface area contributed by atoms with E-state index < -0.39 is 0 Å². The molecule has 0 bridgehead atoms. The van der Waals surface area contributed by atoms with E-state index in [1.165, 1.54) is 0 Å². The molecule has 7 nitrogen and oxygen atoms in total. The first kappa shape index (κ1) is 11.3. The summed E-state index contributed by atoms with van der Waals surface area (Å²) in [7, 11) is 1.84. The number of aliphatic hydroxyl groups excluding tert-OH is 1. The van der Waals surface area contributed by atoms with Crippen molar-refractivity contribution in [2.45, 2.75) is 18.9 Å². The lowest BCUT2D eigenvalue weighted by Crippen LogP contribution is -2.38. The van der Waals surface area contributed by atoms with Gasteiger partial charge in [0.1, 0.15) is 0 Å². The summed E-state index contributed by atoms with van der Waals surface area (Å²) >= 11 is 0. The molecule has 1 aliphatic heterocycles. The highest BCUT2D eigenvalue weighted by Gasteiger charge is 2.22. The molecule has 90 valence electrons. The van der Waals surface area contributed by atoms with E-state index in [9.17, 15) is 0 Å². The third-order valence-electron chi connectivity index (χ3n) is 2.77. The zero-order valence-electron chi connectivity index (χ0n) is 9.41. The number of nitrogens with zero attached hydrogens (tertiary/aromatic N) is 5. The normalized spacial score (nSPS) is 18.0. The van der Waals surface area contributed by atoms with Crippen molar-refractivity contribution < 1.29 is 9.84 Å². The fourth-order valence-electron chi connectivity index (χ4n) is 1.93. The molecule has 0 radical (unpaired) electrons. The average molecular weight is 227 g/mol. The Hall–Kier alpha value is -1.21. The molecule has 2 heterocycles. The molecule has 16 heavy (non-hydrogen) atoms. The van der Waals surface area contributed by atoms with Gasteiger partial charge in [0.15, 0.2) is 0 Å². The molecule has 0 aliphatic carbocycles. The maximum atomic E-state index is 8.67. The van der Waals surface area contributed by atoms with Crippen molar-refractivity contribution >= 4 is 5.95 Å². The molecule has 0 amide bonds. The van der Waals surface area contributed by atoms with Crippen LogP contribution in [0, 0.1) is 0 Å². The van der Waals surface area contributed by atoms with Gasteiger partial charge in [-0.1, -0.05) is 5.10 Å². The Morgan fingerprint density at radius 2 is 2.19 bits per heavy atom. The summed E-state index contributed by atoms with van der Waals surface area (Å²) < 4.78 is 7.17. The van der Waals surface area contributed by atoms with Crippen LogP contribution in [0.25, 0.3) is 0 Å². The lowest BCUT2D eigenvalue weighted by molar-refractivity contribution is 0.0157. The molecule has 0 saturated carbocycles. The predicted octanol–water partition coefficient (Wildman–Crippen LogP) is -0.812. The van der Waals surface area contributed by atoms with Crippen LogP contribution >= 0.6 is 0 Å². The van der Waals surface area contributed by atoms with Gasteiger partial charge in [-0.15, -0.1) is 0 Å². The molecule has 0 atom stereocenters. The van der Waals surface area contributed by atoms with Crippen LogP contribution < -0.4 is 4.90 Å². The maximum Gasteiger partial charge on any atom is 0.245 e. The second kappa shape index (κ2) is 5.22. The number of rotatable bonds is 4.